The van der Waals surface area contributed by atoms with E-state index in [1.54, 1.807) is 9.36 Å². The number of aromatic nitrogens is 6. The summed E-state index contributed by atoms with van der Waals surface area (Å²) in [6.07, 6.45) is 2.98. The third-order valence-corrected chi connectivity index (χ3v) is 1.62. The second-order valence-corrected chi connectivity index (χ2v) is 2.41. The summed E-state index contributed by atoms with van der Waals surface area (Å²) in [5.74, 6) is 1.44. The van der Waals surface area contributed by atoms with E-state index in [2.05, 4.69) is 20.2 Å². The van der Waals surface area contributed by atoms with E-state index in [9.17, 15) is 0 Å². The summed E-state index contributed by atoms with van der Waals surface area (Å²) in [6, 6.07) is 0. The number of aryl methyl sites for hydroxylation is 2. The van der Waals surface area contributed by atoms with Gasteiger partial charge in [0.1, 0.15) is 12.7 Å². The van der Waals surface area contributed by atoms with Crippen LogP contribution in [0.15, 0.2) is 12.7 Å². The van der Waals surface area contributed by atoms with Crippen LogP contribution >= 0.6 is 0 Å². The lowest BCUT2D eigenvalue weighted by Crippen LogP contribution is -2.01. The smallest absolute Gasteiger partial charge is 0.195 e. The Bertz CT molecular complexity index is 348. The topological polar surface area (TPSA) is 61.4 Å². The Labute approximate surface area is 68.9 Å². The molecular formula is C6H8N6. The molecule has 2 rings (SSSR count). The summed E-state index contributed by atoms with van der Waals surface area (Å²) >= 11 is 0. The first-order valence-electron chi connectivity index (χ1n) is 3.47. The van der Waals surface area contributed by atoms with E-state index in [1.165, 1.54) is 12.7 Å². The third kappa shape index (κ3) is 0.884. The molecule has 2 aromatic heterocycles. The molecular weight excluding hydrogens is 156 g/mol. The van der Waals surface area contributed by atoms with Gasteiger partial charge < -0.3 is 0 Å². The normalized spacial score (nSPS) is 10.5. The van der Waals surface area contributed by atoms with Gasteiger partial charge in [-0.05, 0) is 0 Å². The molecule has 0 bridgehead atoms. The monoisotopic (exact) mass is 164 g/mol. The Morgan fingerprint density at radius 2 is 1.33 bits per heavy atom. The molecule has 0 saturated carbocycles. The zero-order valence-electron chi connectivity index (χ0n) is 6.84. The summed E-state index contributed by atoms with van der Waals surface area (Å²) < 4.78 is 3.31. The summed E-state index contributed by atoms with van der Waals surface area (Å²) in [5, 5.41) is 7.88. The van der Waals surface area contributed by atoms with Crippen LogP contribution in [-0.2, 0) is 14.1 Å². The van der Waals surface area contributed by atoms with E-state index in [-0.39, 0.29) is 0 Å². The first-order valence-corrected chi connectivity index (χ1v) is 3.47. The van der Waals surface area contributed by atoms with Gasteiger partial charge in [-0.1, -0.05) is 0 Å². The second kappa shape index (κ2) is 2.40. The molecule has 0 spiro atoms. The van der Waals surface area contributed by atoms with Gasteiger partial charge in [0, 0.05) is 14.1 Å². The fraction of sp³-hybridized carbons (Fsp3) is 0.333. The van der Waals surface area contributed by atoms with Crippen LogP contribution in [0.2, 0.25) is 0 Å². The highest BCUT2D eigenvalue weighted by Crippen LogP contribution is 2.08. The van der Waals surface area contributed by atoms with Gasteiger partial charge in [0.15, 0.2) is 11.6 Å². The molecule has 6 nitrogen and oxygen atoms in total. The largest absolute Gasteiger partial charge is 0.246 e. The molecule has 0 amide bonds. The average molecular weight is 164 g/mol. The Balaban J connectivity index is 2.57. The van der Waals surface area contributed by atoms with Crippen LogP contribution in [0, 0.1) is 0 Å². The molecule has 0 saturated heterocycles. The van der Waals surface area contributed by atoms with Crippen molar-refractivity contribution in [1.82, 2.24) is 29.5 Å². The van der Waals surface area contributed by atoms with E-state index in [0.29, 0.717) is 0 Å². The Kier molecular flexibility index (Phi) is 1.39. The van der Waals surface area contributed by atoms with E-state index >= 15 is 0 Å². The Hall–Kier alpha value is -1.72. The van der Waals surface area contributed by atoms with Crippen LogP contribution in [0.1, 0.15) is 0 Å². The number of rotatable bonds is 1. The quantitative estimate of drug-likeness (QED) is 0.576. The summed E-state index contributed by atoms with van der Waals surface area (Å²) in [6.45, 7) is 0. The first-order chi connectivity index (χ1) is 5.79. The highest BCUT2D eigenvalue weighted by Gasteiger charge is 2.08. The fourth-order valence-electron chi connectivity index (χ4n) is 0.997. The van der Waals surface area contributed by atoms with E-state index < -0.39 is 0 Å². The van der Waals surface area contributed by atoms with E-state index in [0.717, 1.165) is 11.6 Å². The van der Waals surface area contributed by atoms with Gasteiger partial charge >= 0.3 is 0 Å². The maximum absolute atomic E-state index is 4.05. The van der Waals surface area contributed by atoms with Crippen LogP contribution < -0.4 is 0 Å². The van der Waals surface area contributed by atoms with Gasteiger partial charge in [0.05, 0.1) is 0 Å². The standard InChI is InChI=1S/C6H8N6/c1-11-5(7-3-9-11)6-8-4-10-12(6)2/h3-4H,1-2H3. The third-order valence-electron chi connectivity index (χ3n) is 1.62. The molecule has 0 unspecified atom stereocenters. The molecule has 0 radical (unpaired) electrons. The lowest BCUT2D eigenvalue weighted by Gasteiger charge is -1.97. The van der Waals surface area contributed by atoms with Crippen molar-refractivity contribution in [1.29, 1.82) is 0 Å². The van der Waals surface area contributed by atoms with Crippen molar-refractivity contribution < 1.29 is 0 Å². The minimum absolute atomic E-state index is 0.718. The van der Waals surface area contributed by atoms with Gasteiger partial charge in [-0.3, -0.25) is 0 Å². The fourth-order valence-corrected chi connectivity index (χ4v) is 0.997. The highest BCUT2D eigenvalue weighted by atomic mass is 15.4. The maximum atomic E-state index is 4.05. The summed E-state index contributed by atoms with van der Waals surface area (Å²) in [7, 11) is 3.63. The van der Waals surface area contributed by atoms with Gasteiger partial charge in [0.25, 0.3) is 0 Å². The molecule has 0 aliphatic rings. The molecule has 0 aromatic carbocycles. The molecule has 62 valence electrons. The molecule has 0 atom stereocenters. The van der Waals surface area contributed by atoms with E-state index in [4.69, 9.17) is 0 Å². The maximum Gasteiger partial charge on any atom is 0.195 e. The molecule has 0 aliphatic carbocycles. The molecule has 2 aromatic rings. The van der Waals surface area contributed by atoms with Crippen LogP contribution in [0.4, 0.5) is 0 Å². The van der Waals surface area contributed by atoms with Crippen LogP contribution in [0.25, 0.3) is 11.6 Å². The minimum atomic E-state index is 0.718. The van der Waals surface area contributed by atoms with Gasteiger partial charge in [-0.15, -0.1) is 0 Å². The Morgan fingerprint density at radius 3 is 1.58 bits per heavy atom. The lowest BCUT2D eigenvalue weighted by atomic mass is 10.5. The van der Waals surface area contributed by atoms with Crippen molar-refractivity contribution in [2.75, 3.05) is 0 Å². The second-order valence-electron chi connectivity index (χ2n) is 2.41. The predicted octanol–water partition coefficient (Wildman–Crippen LogP) is -0.389. The van der Waals surface area contributed by atoms with Crippen molar-refractivity contribution in [3.63, 3.8) is 0 Å². The van der Waals surface area contributed by atoms with Crippen molar-refractivity contribution >= 4 is 0 Å². The van der Waals surface area contributed by atoms with Crippen molar-refractivity contribution in [3.05, 3.63) is 12.7 Å². The predicted molar refractivity (Wildman–Crippen MR) is 41.0 cm³/mol. The minimum Gasteiger partial charge on any atom is -0.246 e. The number of hydrogen-bond donors (Lipinski definition) is 0. The molecule has 12 heavy (non-hydrogen) atoms. The average Bonchev–Trinajstić information content (AvgIpc) is 2.59. The summed E-state index contributed by atoms with van der Waals surface area (Å²) in [5.41, 5.74) is 0. The SMILES string of the molecule is Cn1ncnc1-c1ncnn1C. The van der Waals surface area contributed by atoms with Crippen LogP contribution in [-0.4, -0.2) is 29.5 Å². The van der Waals surface area contributed by atoms with Crippen molar-refractivity contribution in [3.8, 4) is 11.6 Å². The molecule has 6 heteroatoms. The summed E-state index contributed by atoms with van der Waals surface area (Å²) in [4.78, 5) is 8.10. The van der Waals surface area contributed by atoms with Gasteiger partial charge in [0.2, 0.25) is 0 Å². The van der Waals surface area contributed by atoms with Gasteiger partial charge in [-0.25, -0.2) is 19.3 Å². The number of hydrogen-bond acceptors (Lipinski definition) is 4. The lowest BCUT2D eigenvalue weighted by molar-refractivity contribution is 0.732. The van der Waals surface area contributed by atoms with Gasteiger partial charge in [-0.2, -0.15) is 10.2 Å². The highest BCUT2D eigenvalue weighted by molar-refractivity contribution is 5.41. The zero-order valence-corrected chi connectivity index (χ0v) is 6.84. The first kappa shape index (κ1) is 6.96. The van der Waals surface area contributed by atoms with Crippen molar-refractivity contribution in [2.24, 2.45) is 14.1 Å². The van der Waals surface area contributed by atoms with Crippen molar-refractivity contribution in [2.45, 2.75) is 0 Å². The van der Waals surface area contributed by atoms with Crippen LogP contribution in [0.5, 0.6) is 0 Å². The molecule has 0 aliphatic heterocycles. The zero-order chi connectivity index (χ0) is 8.55. The molecule has 2 heterocycles. The molecule has 0 fully saturated rings. The van der Waals surface area contributed by atoms with E-state index in [1.807, 2.05) is 14.1 Å². The molecule has 0 N–H and O–H groups in total. The Morgan fingerprint density at radius 1 is 0.917 bits per heavy atom. The number of nitrogens with zero attached hydrogens (tertiary/aromatic N) is 6. The van der Waals surface area contributed by atoms with Crippen LogP contribution in [0.3, 0.4) is 0 Å².